The molecule has 0 unspecified atom stereocenters. The highest BCUT2D eigenvalue weighted by atomic mass is 16.5. The van der Waals surface area contributed by atoms with Crippen LogP contribution in [0.1, 0.15) is 13.8 Å². The summed E-state index contributed by atoms with van der Waals surface area (Å²) in [5.74, 6) is -1.53. The summed E-state index contributed by atoms with van der Waals surface area (Å²) in [6.07, 6.45) is 0. The second-order valence-corrected chi connectivity index (χ2v) is 5.20. The van der Waals surface area contributed by atoms with Crippen molar-refractivity contribution < 1.29 is 24.2 Å². The summed E-state index contributed by atoms with van der Waals surface area (Å²) in [5, 5.41) is 11.4. The maximum Gasteiger partial charge on any atom is 0.329 e. The van der Waals surface area contributed by atoms with Gasteiger partial charge in [0.25, 0.3) is 5.91 Å². The zero-order valence-corrected chi connectivity index (χ0v) is 12.8. The van der Waals surface area contributed by atoms with Gasteiger partial charge in [0, 0.05) is 7.05 Å². The van der Waals surface area contributed by atoms with Gasteiger partial charge in [0.05, 0.1) is 6.54 Å². The van der Waals surface area contributed by atoms with E-state index in [0.717, 1.165) is 4.90 Å². The molecule has 22 heavy (non-hydrogen) atoms. The number of ether oxygens (including phenoxy) is 1. The van der Waals surface area contributed by atoms with Crippen molar-refractivity contribution in [1.82, 2.24) is 10.2 Å². The Morgan fingerprint density at radius 3 is 2.36 bits per heavy atom. The number of carbonyl (C=O) groups excluding carboxylic acids is 2. The van der Waals surface area contributed by atoms with Crippen LogP contribution in [0.25, 0.3) is 0 Å². The molecule has 0 atom stereocenters. The zero-order valence-electron chi connectivity index (χ0n) is 12.8. The fraction of sp³-hybridized carbons (Fsp3) is 0.400. The number of hydrogen-bond acceptors (Lipinski definition) is 4. The van der Waals surface area contributed by atoms with E-state index in [1.807, 2.05) is 6.07 Å². The first-order valence-electron chi connectivity index (χ1n) is 6.69. The van der Waals surface area contributed by atoms with Crippen molar-refractivity contribution in [3.8, 4) is 5.75 Å². The van der Waals surface area contributed by atoms with E-state index in [2.05, 4.69) is 5.32 Å². The number of amides is 2. The number of likely N-dealkylation sites (N-methyl/N-ethyl adjacent to an activating group) is 1. The molecule has 1 aromatic carbocycles. The summed E-state index contributed by atoms with van der Waals surface area (Å²) in [7, 11) is 1.38. The third kappa shape index (κ3) is 4.76. The Morgan fingerprint density at radius 2 is 1.82 bits per heavy atom. The molecule has 0 aliphatic carbocycles. The highest BCUT2D eigenvalue weighted by Crippen LogP contribution is 2.12. The lowest BCUT2D eigenvalue weighted by atomic mass is 10.0. The number of carbonyl (C=O) groups is 3. The molecule has 0 heterocycles. The van der Waals surface area contributed by atoms with Crippen LogP contribution >= 0.6 is 0 Å². The van der Waals surface area contributed by atoms with Crippen molar-refractivity contribution in [2.75, 3.05) is 20.2 Å². The summed E-state index contributed by atoms with van der Waals surface area (Å²) >= 11 is 0. The number of aliphatic carboxylic acids is 1. The number of carboxylic acids is 1. The first-order valence-corrected chi connectivity index (χ1v) is 6.69. The molecule has 1 rings (SSSR count). The van der Waals surface area contributed by atoms with Crippen LogP contribution in [-0.2, 0) is 14.4 Å². The predicted molar refractivity (Wildman–Crippen MR) is 79.4 cm³/mol. The van der Waals surface area contributed by atoms with Crippen LogP contribution in [0.2, 0.25) is 0 Å². The second-order valence-electron chi connectivity index (χ2n) is 5.20. The summed E-state index contributed by atoms with van der Waals surface area (Å²) in [6.45, 7) is 2.31. The van der Waals surface area contributed by atoms with Crippen LogP contribution < -0.4 is 10.1 Å². The van der Waals surface area contributed by atoms with Crippen molar-refractivity contribution in [3.05, 3.63) is 30.3 Å². The molecule has 0 saturated heterocycles. The van der Waals surface area contributed by atoms with Gasteiger partial charge in [0.1, 0.15) is 11.3 Å². The number of carboxylic acid groups (broad SMARTS) is 1. The largest absolute Gasteiger partial charge is 0.484 e. The first-order chi connectivity index (χ1) is 10.2. The molecule has 0 aromatic heterocycles. The molecule has 7 nitrogen and oxygen atoms in total. The Hall–Kier alpha value is -2.57. The molecule has 0 radical (unpaired) electrons. The molecule has 2 amide bonds. The normalized spacial score (nSPS) is 10.7. The van der Waals surface area contributed by atoms with Gasteiger partial charge in [-0.3, -0.25) is 9.59 Å². The second kappa shape index (κ2) is 7.44. The van der Waals surface area contributed by atoms with Crippen LogP contribution in [0, 0.1) is 0 Å². The Balaban J connectivity index is 2.40. The van der Waals surface area contributed by atoms with E-state index >= 15 is 0 Å². The van der Waals surface area contributed by atoms with Gasteiger partial charge in [0.2, 0.25) is 5.91 Å². The summed E-state index contributed by atoms with van der Waals surface area (Å²) in [4.78, 5) is 35.6. The number of rotatable bonds is 7. The van der Waals surface area contributed by atoms with E-state index in [9.17, 15) is 14.4 Å². The monoisotopic (exact) mass is 308 g/mol. The van der Waals surface area contributed by atoms with Crippen LogP contribution in [0.4, 0.5) is 0 Å². The Morgan fingerprint density at radius 1 is 1.23 bits per heavy atom. The average molecular weight is 308 g/mol. The summed E-state index contributed by atoms with van der Waals surface area (Å²) in [5.41, 5.74) is -1.34. The van der Waals surface area contributed by atoms with Gasteiger partial charge in [-0.15, -0.1) is 0 Å². The van der Waals surface area contributed by atoms with E-state index in [4.69, 9.17) is 9.84 Å². The molecule has 0 bridgehead atoms. The quantitative estimate of drug-likeness (QED) is 0.765. The highest BCUT2D eigenvalue weighted by molar-refractivity contribution is 5.89. The van der Waals surface area contributed by atoms with Gasteiger partial charge in [-0.2, -0.15) is 0 Å². The van der Waals surface area contributed by atoms with Gasteiger partial charge >= 0.3 is 5.97 Å². The van der Waals surface area contributed by atoms with E-state index in [1.165, 1.54) is 20.9 Å². The molecular weight excluding hydrogens is 288 g/mol. The van der Waals surface area contributed by atoms with Gasteiger partial charge in [-0.1, -0.05) is 18.2 Å². The Labute approximate surface area is 128 Å². The smallest absolute Gasteiger partial charge is 0.329 e. The molecule has 0 fully saturated rings. The average Bonchev–Trinajstić information content (AvgIpc) is 2.50. The molecular formula is C15H20N2O5. The first kappa shape index (κ1) is 17.5. The van der Waals surface area contributed by atoms with Crippen molar-refractivity contribution in [2.45, 2.75) is 19.4 Å². The van der Waals surface area contributed by atoms with Crippen molar-refractivity contribution in [3.63, 3.8) is 0 Å². The number of hydrogen-bond donors (Lipinski definition) is 2. The van der Waals surface area contributed by atoms with Gasteiger partial charge < -0.3 is 20.1 Å². The molecule has 0 spiro atoms. The fourth-order valence-electron chi connectivity index (χ4n) is 1.46. The molecule has 0 aliphatic rings. The summed E-state index contributed by atoms with van der Waals surface area (Å²) < 4.78 is 5.23. The highest BCUT2D eigenvalue weighted by Gasteiger charge is 2.34. The van der Waals surface area contributed by atoms with Crippen molar-refractivity contribution in [1.29, 1.82) is 0 Å². The molecule has 2 N–H and O–H groups in total. The topological polar surface area (TPSA) is 95.9 Å². The maximum atomic E-state index is 11.9. The van der Waals surface area contributed by atoms with Gasteiger partial charge in [-0.05, 0) is 26.0 Å². The van der Waals surface area contributed by atoms with Crippen molar-refractivity contribution >= 4 is 17.8 Å². The number of nitrogens with zero attached hydrogens (tertiary/aromatic N) is 1. The van der Waals surface area contributed by atoms with E-state index in [1.54, 1.807) is 24.3 Å². The van der Waals surface area contributed by atoms with Crippen LogP contribution in [0.5, 0.6) is 5.75 Å². The minimum atomic E-state index is -1.34. The molecule has 7 heteroatoms. The molecule has 0 saturated carbocycles. The van der Waals surface area contributed by atoms with Crippen LogP contribution in [0.3, 0.4) is 0 Å². The Bertz CT molecular complexity index is 542. The fourth-order valence-corrected chi connectivity index (χ4v) is 1.46. The minimum Gasteiger partial charge on any atom is -0.484 e. The minimum absolute atomic E-state index is 0.219. The van der Waals surface area contributed by atoms with Gasteiger partial charge in [-0.25, -0.2) is 4.79 Å². The van der Waals surface area contributed by atoms with E-state index in [-0.39, 0.29) is 13.2 Å². The predicted octanol–water partition coefficient (Wildman–Crippen LogP) is 0.503. The molecule has 120 valence electrons. The van der Waals surface area contributed by atoms with Crippen molar-refractivity contribution in [2.24, 2.45) is 0 Å². The lowest BCUT2D eigenvalue weighted by Gasteiger charge is -2.31. The third-order valence-corrected chi connectivity index (χ3v) is 3.29. The third-order valence-electron chi connectivity index (χ3n) is 3.29. The number of para-hydroxylation sites is 1. The van der Waals surface area contributed by atoms with Crippen LogP contribution in [0.15, 0.2) is 30.3 Å². The standard InChI is InChI=1S/C15H20N2O5/c1-15(2,14(20)21)17(3)13(19)9-16-12(18)10-22-11-7-5-4-6-8-11/h4-8H,9-10H2,1-3H3,(H,16,18)(H,20,21). The Kier molecular flexibility index (Phi) is 5.91. The lowest BCUT2D eigenvalue weighted by molar-refractivity contribution is -0.155. The van der Waals surface area contributed by atoms with Crippen LogP contribution in [-0.4, -0.2) is 53.5 Å². The van der Waals surface area contributed by atoms with E-state index < -0.39 is 23.3 Å². The molecule has 0 aliphatic heterocycles. The number of nitrogens with one attached hydrogen (secondary N) is 1. The van der Waals surface area contributed by atoms with Gasteiger partial charge in [0.15, 0.2) is 6.61 Å². The summed E-state index contributed by atoms with van der Waals surface area (Å²) in [6, 6.07) is 8.80. The lowest BCUT2D eigenvalue weighted by Crippen LogP contribution is -2.53. The van der Waals surface area contributed by atoms with E-state index in [0.29, 0.717) is 5.75 Å². The number of benzene rings is 1. The maximum absolute atomic E-state index is 11.9. The zero-order chi connectivity index (χ0) is 16.8. The SMILES string of the molecule is CN(C(=O)CNC(=O)COc1ccccc1)C(C)(C)C(=O)O. The molecule has 1 aromatic rings.